The van der Waals surface area contributed by atoms with Crippen molar-refractivity contribution in [3.8, 4) is 11.5 Å². The first-order valence-corrected chi connectivity index (χ1v) is 19.3. The molecule has 4 bridgehead atoms. The fraction of sp³-hybridized carbons (Fsp3) is 0.735. The second kappa shape index (κ2) is 17.7. The van der Waals surface area contributed by atoms with Gasteiger partial charge in [-0.1, -0.05) is 66.2 Å². The number of aliphatic imine (C=N–C) groups is 1. The van der Waals surface area contributed by atoms with Crippen molar-refractivity contribution in [1.82, 2.24) is 4.90 Å². The van der Waals surface area contributed by atoms with Crippen molar-refractivity contribution >= 4 is 39.4 Å². The number of guanidine groups is 1. The molecule has 0 radical (unpaired) electrons. The monoisotopic (exact) mass is 678 g/mol. The highest BCUT2D eigenvalue weighted by Crippen LogP contribution is 2.49. The lowest BCUT2D eigenvalue weighted by Crippen LogP contribution is -2.29. The Labute approximate surface area is 282 Å². The van der Waals surface area contributed by atoms with Crippen LogP contribution in [-0.4, -0.2) is 75.4 Å². The number of aliphatic hydroxyl groups is 1. The third-order valence-corrected chi connectivity index (χ3v) is 13.0. The normalized spacial score (nSPS) is 27.1. The predicted molar refractivity (Wildman–Crippen MR) is 186 cm³/mol. The van der Waals surface area contributed by atoms with Crippen molar-refractivity contribution in [1.29, 1.82) is 0 Å². The fourth-order valence-corrected chi connectivity index (χ4v) is 10.8. The number of ether oxygens (including phenoxy) is 2. The highest BCUT2D eigenvalue weighted by molar-refractivity contribution is 8.77. The second-order valence-electron chi connectivity index (χ2n) is 13.5. The number of carbonyl (C=O) groups excluding carboxylic acids is 2. The summed E-state index contributed by atoms with van der Waals surface area (Å²) in [4.78, 5) is 31.5. The average molecular weight is 679 g/mol. The maximum absolute atomic E-state index is 13.2. The molecule has 1 aromatic rings. The Hall–Kier alpha value is -2.31. The maximum atomic E-state index is 13.2. The highest BCUT2D eigenvalue weighted by atomic mass is 33.1. The number of fused-ring (bicyclic) bond motifs is 4. The van der Waals surface area contributed by atoms with Crippen molar-refractivity contribution in [3.63, 3.8) is 0 Å². The van der Waals surface area contributed by atoms with Gasteiger partial charge in [0.05, 0.1) is 19.3 Å². The number of aryl methyl sites for hydroxylation is 1. The number of nitrogens with two attached hydrogens (primary N) is 2. The number of rotatable bonds is 3. The molecule has 1 saturated heterocycles. The summed E-state index contributed by atoms with van der Waals surface area (Å²) >= 11 is 0. The van der Waals surface area contributed by atoms with Crippen LogP contribution >= 0.6 is 21.6 Å². The van der Waals surface area contributed by atoms with E-state index in [4.69, 9.17) is 20.9 Å². The molecule has 258 valence electrons. The zero-order chi connectivity index (χ0) is 33.1. The molecule has 3 aliphatic rings. The highest BCUT2D eigenvalue weighted by Gasteiger charge is 2.35. The number of hydrogen-bond donors (Lipinski definition) is 4. The van der Waals surface area contributed by atoms with Gasteiger partial charge in [0.25, 0.3) is 0 Å². The molecule has 1 spiro atoms. The molecule has 10 nitrogen and oxygen atoms in total. The number of hydrogen-bond acceptors (Lipinski definition) is 9. The lowest BCUT2D eigenvalue weighted by molar-refractivity contribution is -0.148. The number of esters is 1. The molecular formula is C34H54N4O6S2. The van der Waals surface area contributed by atoms with Gasteiger partial charge in [0.15, 0.2) is 17.5 Å². The van der Waals surface area contributed by atoms with E-state index in [1.54, 1.807) is 11.0 Å². The minimum Gasteiger partial charge on any atom is -0.504 e. The Morgan fingerprint density at radius 3 is 2.46 bits per heavy atom. The summed E-state index contributed by atoms with van der Waals surface area (Å²) in [6.45, 7) is 2.22. The number of phenolic OH excluding ortho intramolecular Hbond substituents is 1. The molecule has 12 heteroatoms. The van der Waals surface area contributed by atoms with E-state index < -0.39 is 12.2 Å². The number of methoxy groups -OCH3 is 1. The minimum atomic E-state index is -0.550. The molecule has 1 amide bonds. The van der Waals surface area contributed by atoms with Gasteiger partial charge < -0.3 is 36.1 Å². The Morgan fingerprint density at radius 1 is 1.07 bits per heavy atom. The van der Waals surface area contributed by atoms with Crippen LogP contribution in [0.3, 0.4) is 0 Å². The van der Waals surface area contributed by atoms with Crippen LogP contribution < -0.4 is 16.2 Å². The van der Waals surface area contributed by atoms with E-state index in [0.29, 0.717) is 50.0 Å². The van der Waals surface area contributed by atoms with Gasteiger partial charge in [-0.2, -0.15) is 0 Å². The van der Waals surface area contributed by atoms with Gasteiger partial charge in [-0.05, 0) is 62.5 Å². The summed E-state index contributed by atoms with van der Waals surface area (Å²) in [5, 5.41) is 21.9. The fourth-order valence-electron chi connectivity index (χ4n) is 7.29. The summed E-state index contributed by atoms with van der Waals surface area (Å²) in [6.07, 6.45) is 12.8. The first kappa shape index (κ1) is 36.5. The van der Waals surface area contributed by atoms with Crippen LogP contribution in [0.5, 0.6) is 11.5 Å². The Morgan fingerprint density at radius 2 is 1.78 bits per heavy atom. The van der Waals surface area contributed by atoms with Gasteiger partial charge in [0.2, 0.25) is 5.91 Å². The van der Waals surface area contributed by atoms with Crippen molar-refractivity contribution in [2.45, 2.75) is 133 Å². The quantitative estimate of drug-likeness (QED) is 0.140. The van der Waals surface area contributed by atoms with Crippen LogP contribution in [0.1, 0.15) is 108 Å². The Balaban J connectivity index is 1.55. The predicted octanol–water partition coefficient (Wildman–Crippen LogP) is 5.45. The number of aliphatic hydroxyl groups excluding tert-OH is 1. The van der Waals surface area contributed by atoms with Gasteiger partial charge >= 0.3 is 5.97 Å². The first-order chi connectivity index (χ1) is 22.1. The van der Waals surface area contributed by atoms with Crippen molar-refractivity contribution in [2.24, 2.45) is 22.4 Å². The summed E-state index contributed by atoms with van der Waals surface area (Å²) in [5.41, 5.74) is 13.2. The summed E-state index contributed by atoms with van der Waals surface area (Å²) < 4.78 is 11.4. The zero-order valence-electron chi connectivity index (χ0n) is 27.6. The topological polar surface area (TPSA) is 161 Å². The molecule has 1 aliphatic carbocycles. The molecule has 4 rings (SSSR count). The molecule has 46 heavy (non-hydrogen) atoms. The Kier molecular flexibility index (Phi) is 14.1. The lowest BCUT2D eigenvalue weighted by atomic mass is 9.84. The molecule has 1 saturated carbocycles. The maximum Gasteiger partial charge on any atom is 0.302 e. The van der Waals surface area contributed by atoms with Crippen LogP contribution in [0, 0.1) is 5.92 Å². The molecule has 4 atom stereocenters. The molecule has 6 N–H and O–H groups in total. The second-order valence-corrected chi connectivity index (χ2v) is 16.3. The van der Waals surface area contributed by atoms with Gasteiger partial charge in [-0.3, -0.25) is 9.59 Å². The van der Waals surface area contributed by atoms with E-state index in [1.165, 1.54) is 46.1 Å². The van der Waals surface area contributed by atoms with Crippen LogP contribution in [0.25, 0.3) is 0 Å². The van der Waals surface area contributed by atoms with Gasteiger partial charge in [-0.15, -0.1) is 0 Å². The molecule has 2 heterocycles. The number of phenols is 1. The van der Waals surface area contributed by atoms with E-state index in [-0.39, 0.29) is 46.8 Å². The van der Waals surface area contributed by atoms with E-state index in [2.05, 4.69) is 4.99 Å². The molecule has 0 aromatic heterocycles. The van der Waals surface area contributed by atoms with Crippen molar-refractivity contribution < 1.29 is 29.3 Å². The van der Waals surface area contributed by atoms with Crippen LogP contribution in [-0.2, 0) is 27.3 Å². The van der Waals surface area contributed by atoms with E-state index in [0.717, 1.165) is 43.4 Å². The smallest absolute Gasteiger partial charge is 0.302 e. The van der Waals surface area contributed by atoms with Gasteiger partial charge in [0, 0.05) is 48.9 Å². The lowest BCUT2D eigenvalue weighted by Gasteiger charge is -2.36. The van der Waals surface area contributed by atoms with E-state index in [1.807, 2.05) is 27.7 Å². The third kappa shape index (κ3) is 11.1. The number of amides is 1. The SMILES string of the molecule is COc1cc2cc(c1O)CN1C[C@@H](CC1=O)C[C@H](N=C(N)N)CSSC1(CCCCC[C@H](O)C[C@@H](OC(C)=O)CC2)CCCCC1. The van der Waals surface area contributed by atoms with Crippen LogP contribution in [0.2, 0.25) is 0 Å². The number of nitrogens with zero attached hydrogens (tertiary/aromatic N) is 2. The van der Waals surface area contributed by atoms with Crippen LogP contribution in [0.15, 0.2) is 17.1 Å². The van der Waals surface area contributed by atoms with Gasteiger partial charge in [0.1, 0.15) is 6.10 Å². The number of aromatic hydroxyl groups is 1. The third-order valence-electron chi connectivity index (χ3n) is 9.58. The Bertz CT molecular complexity index is 1190. The van der Waals surface area contributed by atoms with Crippen molar-refractivity contribution in [3.05, 3.63) is 23.3 Å². The zero-order valence-corrected chi connectivity index (χ0v) is 29.2. The standard InChI is InChI=1S/C34H54N4O6S2/c1-23(39)44-29-11-10-24-15-26(32(42)30(17-24)43-2)21-38-20-25(18-31(38)41)16-27(37-33(35)36)22-45-46-34(13-7-4-8-14-34)12-6-3-5-9-28(40)19-29/h15,17,25,27-29,40,42H,3-14,16,18-22H2,1-2H3,(H4,35,36,37)/t25-,27+,28+,29+/m1/s1. The molecule has 2 aliphatic heterocycles. The minimum absolute atomic E-state index is 0.0171. The summed E-state index contributed by atoms with van der Waals surface area (Å²) in [7, 11) is 5.37. The number of benzene rings is 1. The number of carbonyl (C=O) groups is 2. The van der Waals surface area contributed by atoms with Gasteiger partial charge in [-0.25, -0.2) is 4.99 Å². The van der Waals surface area contributed by atoms with E-state index in [9.17, 15) is 19.8 Å². The van der Waals surface area contributed by atoms with E-state index >= 15 is 0 Å². The van der Waals surface area contributed by atoms with Crippen molar-refractivity contribution in [2.75, 3.05) is 19.4 Å². The first-order valence-electron chi connectivity index (χ1n) is 17.0. The molecule has 2 fully saturated rings. The molecule has 0 unspecified atom stereocenters. The largest absolute Gasteiger partial charge is 0.504 e. The molecule has 1 aromatic carbocycles. The molecular weight excluding hydrogens is 625 g/mol. The summed E-state index contributed by atoms with van der Waals surface area (Å²) in [6, 6.07) is 3.60. The van der Waals surface area contributed by atoms with Crippen LogP contribution in [0.4, 0.5) is 0 Å². The summed E-state index contributed by atoms with van der Waals surface area (Å²) in [5.74, 6) is 1.000. The average Bonchev–Trinajstić information content (AvgIpc) is 3.34.